The van der Waals surface area contributed by atoms with Crippen LogP contribution in [0.1, 0.15) is 37.9 Å². The quantitative estimate of drug-likeness (QED) is 0.358. The lowest BCUT2D eigenvalue weighted by Crippen LogP contribution is -2.76. The zero-order valence-electron chi connectivity index (χ0n) is 16.8. The van der Waals surface area contributed by atoms with Crippen molar-refractivity contribution in [2.75, 3.05) is 18.5 Å². The molecule has 0 aromatic heterocycles. The second-order valence-corrected chi connectivity index (χ2v) is 9.51. The summed E-state index contributed by atoms with van der Waals surface area (Å²) in [5.74, 6) is 0.0373. The van der Waals surface area contributed by atoms with Gasteiger partial charge in [0.15, 0.2) is 24.3 Å². The molecule has 0 radical (unpaired) electrons. The molecule has 1 unspecified atom stereocenters. The van der Waals surface area contributed by atoms with Gasteiger partial charge in [-0.3, -0.25) is 4.79 Å². The SMILES string of the molecule is CC1(Cl)C[NH+]=CC(Cl)=C1C[C@H](OC(=O)CBr)c1ccc(OC(F)F)c(OCC2CC2)c1. The normalized spacial score (nSPS) is 21.9. The standard InChI is InChI=1S/C21H22BrCl2F2NO4/c1-21(24)11-27-9-15(23)14(21)7-17(30-19(28)8-22)13-4-5-16(31-20(25)26)18(6-13)29-10-12-2-3-12/h4-6,9,12,17,20H,2-3,7-8,10-11H2,1H3/p+1/t17-,21?/m0/s1. The van der Waals surface area contributed by atoms with Gasteiger partial charge in [0.1, 0.15) is 21.3 Å². The Kier molecular flexibility index (Phi) is 8.21. The van der Waals surface area contributed by atoms with Gasteiger partial charge >= 0.3 is 12.6 Å². The van der Waals surface area contributed by atoms with Crippen LogP contribution < -0.4 is 14.5 Å². The van der Waals surface area contributed by atoms with Gasteiger partial charge in [-0.25, -0.2) is 4.99 Å². The molecule has 10 heteroatoms. The number of carbonyl (C=O) groups excluding carboxylic acids is 1. The molecule has 5 nitrogen and oxygen atoms in total. The highest BCUT2D eigenvalue weighted by atomic mass is 79.9. The van der Waals surface area contributed by atoms with Crippen LogP contribution in [-0.2, 0) is 9.53 Å². The maximum absolute atomic E-state index is 12.8. The third kappa shape index (κ3) is 6.80. The molecule has 0 bridgehead atoms. The van der Waals surface area contributed by atoms with Gasteiger partial charge in [0.2, 0.25) is 0 Å². The summed E-state index contributed by atoms with van der Waals surface area (Å²) in [6.07, 6.45) is 3.21. The number of halogens is 5. The van der Waals surface area contributed by atoms with Gasteiger partial charge in [-0.05, 0) is 49.0 Å². The molecule has 2 aliphatic rings. The molecular weight excluding hydrogens is 519 g/mol. The van der Waals surface area contributed by atoms with E-state index < -0.39 is 23.6 Å². The molecule has 3 rings (SSSR count). The average molecular weight is 542 g/mol. The van der Waals surface area contributed by atoms with Crippen LogP contribution in [0.15, 0.2) is 28.8 Å². The molecule has 2 atom stereocenters. The third-order valence-corrected chi connectivity index (χ3v) is 6.24. The largest absolute Gasteiger partial charge is 0.489 e. The van der Waals surface area contributed by atoms with Crippen molar-refractivity contribution in [1.29, 1.82) is 0 Å². The van der Waals surface area contributed by atoms with Gasteiger partial charge in [0, 0.05) is 6.42 Å². The number of alkyl halides is 4. The Hall–Kier alpha value is -1.38. The van der Waals surface area contributed by atoms with Crippen molar-refractivity contribution in [2.24, 2.45) is 5.92 Å². The molecule has 1 N–H and O–H groups in total. The minimum absolute atomic E-state index is 0.000280. The number of nitrogens with one attached hydrogen (secondary N) is 1. The first-order valence-electron chi connectivity index (χ1n) is 9.81. The molecule has 1 aromatic carbocycles. The zero-order valence-corrected chi connectivity index (χ0v) is 19.9. The predicted molar refractivity (Wildman–Crippen MR) is 118 cm³/mol. The van der Waals surface area contributed by atoms with Gasteiger partial charge in [0.05, 0.1) is 6.61 Å². The van der Waals surface area contributed by atoms with E-state index >= 15 is 0 Å². The summed E-state index contributed by atoms with van der Waals surface area (Å²) in [7, 11) is 0. The second-order valence-electron chi connectivity index (χ2n) is 7.70. The number of hydrogen-bond donors (Lipinski definition) is 1. The fourth-order valence-electron chi connectivity index (χ4n) is 3.21. The lowest BCUT2D eigenvalue weighted by Gasteiger charge is -2.28. The molecule has 170 valence electrons. The Balaban J connectivity index is 1.92. The maximum atomic E-state index is 12.8. The van der Waals surface area contributed by atoms with E-state index in [4.69, 9.17) is 32.7 Å². The van der Waals surface area contributed by atoms with Gasteiger partial charge in [0.25, 0.3) is 0 Å². The molecule has 0 spiro atoms. The van der Waals surface area contributed by atoms with E-state index in [0.29, 0.717) is 35.2 Å². The molecule has 0 saturated heterocycles. The predicted octanol–water partition coefficient (Wildman–Crippen LogP) is 4.10. The van der Waals surface area contributed by atoms with Crippen molar-refractivity contribution in [3.8, 4) is 11.5 Å². The summed E-state index contributed by atoms with van der Waals surface area (Å²) in [5.41, 5.74) is 1.26. The number of ether oxygens (including phenoxy) is 3. The van der Waals surface area contributed by atoms with Crippen LogP contribution in [0.5, 0.6) is 11.5 Å². The summed E-state index contributed by atoms with van der Waals surface area (Å²) >= 11 is 16.1. The van der Waals surface area contributed by atoms with Crippen molar-refractivity contribution < 1.29 is 32.8 Å². The first-order chi connectivity index (χ1) is 14.7. The van der Waals surface area contributed by atoms with Crippen LogP contribution in [-0.4, -0.2) is 42.2 Å². The second kappa shape index (κ2) is 10.5. The average Bonchev–Trinajstić information content (AvgIpc) is 3.53. The molecule has 31 heavy (non-hydrogen) atoms. The van der Waals surface area contributed by atoms with E-state index in [1.54, 1.807) is 18.3 Å². The van der Waals surface area contributed by atoms with E-state index in [2.05, 4.69) is 25.7 Å². The minimum Gasteiger partial charge on any atom is -0.489 e. The summed E-state index contributed by atoms with van der Waals surface area (Å²) < 4.78 is 41.6. The minimum atomic E-state index is -2.98. The Bertz CT molecular complexity index is 875. The summed E-state index contributed by atoms with van der Waals surface area (Å²) in [6, 6.07) is 4.53. The van der Waals surface area contributed by atoms with Crippen LogP contribution in [0.3, 0.4) is 0 Å². The Morgan fingerprint density at radius 1 is 1.35 bits per heavy atom. The highest BCUT2D eigenvalue weighted by Crippen LogP contribution is 2.40. The van der Waals surface area contributed by atoms with Crippen LogP contribution >= 0.6 is 39.1 Å². The highest BCUT2D eigenvalue weighted by molar-refractivity contribution is 9.09. The Labute approximate surface area is 197 Å². The van der Waals surface area contributed by atoms with Gasteiger partial charge in [-0.1, -0.05) is 33.6 Å². The lowest BCUT2D eigenvalue weighted by molar-refractivity contribution is -0.456. The monoisotopic (exact) mass is 540 g/mol. The number of rotatable bonds is 10. The van der Waals surface area contributed by atoms with Crippen molar-refractivity contribution in [3.63, 3.8) is 0 Å². The lowest BCUT2D eigenvalue weighted by atomic mass is 9.90. The van der Waals surface area contributed by atoms with Gasteiger partial charge in [-0.2, -0.15) is 8.78 Å². The fraction of sp³-hybridized carbons (Fsp3) is 0.524. The van der Waals surface area contributed by atoms with E-state index in [9.17, 15) is 13.6 Å². The summed E-state index contributed by atoms with van der Waals surface area (Å²) in [4.78, 5) is 14.3. The summed E-state index contributed by atoms with van der Waals surface area (Å²) in [5, 5.41) is 0.436. The van der Waals surface area contributed by atoms with Crippen LogP contribution in [0.25, 0.3) is 0 Å². The molecule has 1 aliphatic heterocycles. The third-order valence-electron chi connectivity index (χ3n) is 5.08. The fourth-order valence-corrected chi connectivity index (χ4v) is 4.01. The van der Waals surface area contributed by atoms with Crippen LogP contribution in [0.2, 0.25) is 0 Å². The van der Waals surface area contributed by atoms with E-state index in [0.717, 1.165) is 12.8 Å². The molecular formula is C21H23BrCl2F2NO4+. The zero-order chi connectivity index (χ0) is 22.6. The maximum Gasteiger partial charge on any atom is 0.387 e. The van der Waals surface area contributed by atoms with Crippen molar-refractivity contribution >= 4 is 51.3 Å². The number of esters is 1. The highest BCUT2D eigenvalue weighted by Gasteiger charge is 2.37. The molecule has 1 heterocycles. The number of benzene rings is 1. The first kappa shape index (κ1) is 24.3. The summed E-state index contributed by atoms with van der Waals surface area (Å²) in [6.45, 7) is -0.302. The smallest absolute Gasteiger partial charge is 0.387 e. The van der Waals surface area contributed by atoms with Crippen molar-refractivity contribution in [3.05, 3.63) is 34.4 Å². The van der Waals surface area contributed by atoms with Gasteiger partial charge in [-0.15, -0.1) is 11.6 Å². The van der Waals surface area contributed by atoms with E-state index in [1.165, 1.54) is 6.07 Å². The van der Waals surface area contributed by atoms with Crippen LogP contribution in [0.4, 0.5) is 8.78 Å². The first-order valence-corrected chi connectivity index (χ1v) is 11.7. The van der Waals surface area contributed by atoms with E-state index in [-0.39, 0.29) is 23.2 Å². The molecule has 1 saturated carbocycles. The van der Waals surface area contributed by atoms with Crippen LogP contribution in [0, 0.1) is 5.92 Å². The number of carbonyl (C=O) groups is 1. The molecule has 0 amide bonds. The Morgan fingerprint density at radius 2 is 2.10 bits per heavy atom. The molecule has 1 aliphatic carbocycles. The Morgan fingerprint density at radius 3 is 2.71 bits per heavy atom. The van der Waals surface area contributed by atoms with E-state index in [1.807, 2.05) is 6.92 Å². The van der Waals surface area contributed by atoms with Crippen molar-refractivity contribution in [1.82, 2.24) is 0 Å². The number of allylic oxidation sites excluding steroid dienone is 1. The van der Waals surface area contributed by atoms with Crippen molar-refractivity contribution in [2.45, 2.75) is 43.8 Å². The molecule has 1 fully saturated rings. The van der Waals surface area contributed by atoms with Gasteiger partial charge < -0.3 is 14.2 Å². The molecule has 1 aromatic rings. The number of hydrogen-bond acceptors (Lipinski definition) is 4. The topological polar surface area (TPSA) is 58.7 Å².